The highest BCUT2D eigenvalue weighted by Crippen LogP contribution is 2.33. The number of nitrogens with one attached hydrogen (secondary N) is 4. The number of halogens is 4. The lowest BCUT2D eigenvalue weighted by Gasteiger charge is -2.30. The summed E-state index contributed by atoms with van der Waals surface area (Å²) in [6, 6.07) is 0.371. The van der Waals surface area contributed by atoms with Crippen LogP contribution in [0.3, 0.4) is 0 Å². The Kier molecular flexibility index (Phi) is 9.92. The van der Waals surface area contributed by atoms with Gasteiger partial charge in [0.2, 0.25) is 5.91 Å². The summed E-state index contributed by atoms with van der Waals surface area (Å²) in [5.41, 5.74) is 6.75. The second kappa shape index (κ2) is 12.7. The maximum absolute atomic E-state index is 14.1. The summed E-state index contributed by atoms with van der Waals surface area (Å²) in [6.07, 6.45) is 6.44. The van der Waals surface area contributed by atoms with Crippen molar-refractivity contribution in [3.63, 3.8) is 0 Å². The molecule has 4 N–H and O–H groups in total. The van der Waals surface area contributed by atoms with E-state index in [-0.39, 0.29) is 29.8 Å². The molecule has 200 valence electrons. The third kappa shape index (κ3) is 7.65. The molecule has 4 fully saturated rings. The molecule has 0 spiro atoms. The molecule has 0 radical (unpaired) electrons. The molecular formula is C25H41Cl2F2N5O. The number of rotatable bonds is 5. The van der Waals surface area contributed by atoms with Crippen LogP contribution in [0.5, 0.6) is 0 Å². The summed E-state index contributed by atoms with van der Waals surface area (Å²) in [6.45, 7) is 2.73. The van der Waals surface area contributed by atoms with Crippen LogP contribution in [0, 0.1) is 23.7 Å². The minimum absolute atomic E-state index is 0.0610. The van der Waals surface area contributed by atoms with Crippen LogP contribution in [0.25, 0.3) is 0 Å². The van der Waals surface area contributed by atoms with Crippen molar-refractivity contribution in [3.8, 4) is 0 Å². The summed E-state index contributed by atoms with van der Waals surface area (Å²) < 4.78 is 27.8. The number of nitrogens with zero attached hydrogens (tertiary/aromatic N) is 1. The molecule has 1 heterocycles. The average molecular weight is 537 g/mol. The van der Waals surface area contributed by atoms with Gasteiger partial charge in [-0.15, -0.1) is 23.2 Å². The van der Waals surface area contributed by atoms with E-state index >= 15 is 0 Å². The Morgan fingerprint density at radius 3 is 2.43 bits per heavy atom. The van der Waals surface area contributed by atoms with E-state index < -0.39 is 23.6 Å². The Morgan fingerprint density at radius 2 is 1.71 bits per heavy atom. The lowest BCUT2D eigenvalue weighted by Crippen LogP contribution is -2.52. The fourth-order valence-corrected chi connectivity index (χ4v) is 6.67. The number of amides is 1. The molecule has 0 aromatic heterocycles. The number of carbonyl (C=O) groups excluding carboxylic acids is 1. The molecule has 4 rings (SSSR count). The van der Waals surface area contributed by atoms with Crippen LogP contribution in [0.15, 0.2) is 4.99 Å². The first-order chi connectivity index (χ1) is 16.8. The molecule has 35 heavy (non-hydrogen) atoms. The Hall–Kier alpha value is -0.700. The van der Waals surface area contributed by atoms with Crippen LogP contribution in [-0.2, 0) is 4.79 Å². The first kappa shape index (κ1) is 27.3. The molecular weight excluding hydrogens is 495 g/mol. The predicted octanol–water partition coefficient (Wildman–Crippen LogP) is 4.56. The highest BCUT2D eigenvalue weighted by Gasteiger charge is 2.36. The van der Waals surface area contributed by atoms with Crippen molar-refractivity contribution in [1.29, 1.82) is 0 Å². The quantitative estimate of drug-likeness (QED) is 0.236. The standard InChI is InChI=1S/C25H41Cl2F2N5O/c1-14-2-4-15(5-3-14)22-12-23(34-33-22)31-25(30-13-17-6-8-18(28)11-20(17)27)32-24(35)16-7-9-19(26)21(29)10-16/h14-23,33-34H,2-13H2,1H3,(H2,30,31,32,35). The van der Waals surface area contributed by atoms with Crippen molar-refractivity contribution < 1.29 is 13.6 Å². The largest absolute Gasteiger partial charge is 0.339 e. The van der Waals surface area contributed by atoms with E-state index in [1.807, 2.05) is 0 Å². The third-order valence-electron chi connectivity index (χ3n) is 8.51. The molecule has 0 bridgehead atoms. The van der Waals surface area contributed by atoms with Gasteiger partial charge in [-0.3, -0.25) is 20.5 Å². The summed E-state index contributed by atoms with van der Waals surface area (Å²) in [4.78, 5) is 17.7. The predicted molar refractivity (Wildman–Crippen MR) is 137 cm³/mol. The van der Waals surface area contributed by atoms with Gasteiger partial charge in [0.05, 0.1) is 11.5 Å². The van der Waals surface area contributed by atoms with Gasteiger partial charge in [-0.25, -0.2) is 14.2 Å². The first-order valence-corrected chi connectivity index (χ1v) is 14.3. The lowest BCUT2D eigenvalue weighted by molar-refractivity contribution is -0.125. The summed E-state index contributed by atoms with van der Waals surface area (Å²) in [5, 5.41) is 5.48. The van der Waals surface area contributed by atoms with Gasteiger partial charge in [0.25, 0.3) is 0 Å². The van der Waals surface area contributed by atoms with Gasteiger partial charge in [-0.1, -0.05) is 19.8 Å². The normalized spacial score (nSPS) is 43.1. The third-order valence-corrected chi connectivity index (χ3v) is 9.53. The van der Waals surface area contributed by atoms with E-state index in [0.717, 1.165) is 12.3 Å². The van der Waals surface area contributed by atoms with Crippen LogP contribution in [0.4, 0.5) is 8.78 Å². The maximum Gasteiger partial charge on any atom is 0.229 e. The summed E-state index contributed by atoms with van der Waals surface area (Å²) >= 11 is 12.4. The first-order valence-electron chi connectivity index (χ1n) is 13.5. The minimum Gasteiger partial charge on any atom is -0.339 e. The monoisotopic (exact) mass is 535 g/mol. The van der Waals surface area contributed by atoms with Crippen LogP contribution in [0.1, 0.15) is 77.6 Å². The molecule has 1 amide bonds. The lowest BCUT2D eigenvalue weighted by atomic mass is 9.79. The van der Waals surface area contributed by atoms with E-state index in [1.165, 1.54) is 25.7 Å². The molecule has 8 atom stereocenters. The van der Waals surface area contributed by atoms with E-state index in [9.17, 15) is 13.6 Å². The van der Waals surface area contributed by atoms with Gasteiger partial charge >= 0.3 is 0 Å². The summed E-state index contributed by atoms with van der Waals surface area (Å²) in [7, 11) is 0. The summed E-state index contributed by atoms with van der Waals surface area (Å²) in [5.74, 6) is 1.22. The second-order valence-electron chi connectivity index (χ2n) is 11.3. The van der Waals surface area contributed by atoms with Crippen molar-refractivity contribution in [2.75, 3.05) is 6.54 Å². The number of carbonyl (C=O) groups is 1. The zero-order valence-corrected chi connectivity index (χ0v) is 22.1. The Balaban J connectivity index is 1.36. The maximum atomic E-state index is 14.1. The van der Waals surface area contributed by atoms with E-state index in [0.29, 0.717) is 56.6 Å². The SMILES string of the molecule is CC1CCC(C2CC(NC(=NCC3CCC(F)CC3Cl)NC(=O)C3CCC(Cl)C(F)C3)NN2)CC1. The number of hydrogen-bond donors (Lipinski definition) is 4. The smallest absolute Gasteiger partial charge is 0.229 e. The van der Waals surface area contributed by atoms with Crippen molar-refractivity contribution in [1.82, 2.24) is 21.5 Å². The van der Waals surface area contributed by atoms with Gasteiger partial charge in [0, 0.05) is 23.9 Å². The van der Waals surface area contributed by atoms with Crippen LogP contribution < -0.4 is 21.5 Å². The van der Waals surface area contributed by atoms with Gasteiger partial charge in [-0.05, 0) is 75.5 Å². The highest BCUT2D eigenvalue weighted by molar-refractivity contribution is 6.21. The molecule has 0 aromatic rings. The van der Waals surface area contributed by atoms with Crippen molar-refractivity contribution in [3.05, 3.63) is 0 Å². The number of guanidine groups is 1. The highest BCUT2D eigenvalue weighted by atomic mass is 35.5. The van der Waals surface area contributed by atoms with Crippen LogP contribution >= 0.6 is 23.2 Å². The molecule has 3 aliphatic carbocycles. The fourth-order valence-electron chi connectivity index (χ4n) is 6.04. The molecule has 3 saturated carbocycles. The van der Waals surface area contributed by atoms with Gasteiger partial charge < -0.3 is 5.32 Å². The number of aliphatic imine (C=N–C) groups is 1. The minimum atomic E-state index is -1.18. The number of alkyl halides is 4. The Bertz CT molecular complexity index is 739. The molecule has 10 heteroatoms. The zero-order chi connectivity index (χ0) is 24.9. The fraction of sp³-hybridized carbons (Fsp3) is 0.920. The van der Waals surface area contributed by atoms with Gasteiger partial charge in [0.1, 0.15) is 12.3 Å². The molecule has 4 aliphatic rings. The zero-order valence-electron chi connectivity index (χ0n) is 20.6. The molecule has 6 nitrogen and oxygen atoms in total. The number of hydrogen-bond acceptors (Lipinski definition) is 4. The van der Waals surface area contributed by atoms with E-state index in [2.05, 4.69) is 33.4 Å². The average Bonchev–Trinajstić information content (AvgIpc) is 3.29. The van der Waals surface area contributed by atoms with Crippen LogP contribution in [0.2, 0.25) is 0 Å². The topological polar surface area (TPSA) is 77.5 Å². The van der Waals surface area contributed by atoms with Crippen LogP contribution in [-0.4, -0.2) is 53.7 Å². The molecule has 1 saturated heterocycles. The Morgan fingerprint density at radius 1 is 0.943 bits per heavy atom. The van der Waals surface area contributed by atoms with E-state index in [4.69, 9.17) is 23.2 Å². The molecule has 1 aliphatic heterocycles. The molecule has 0 aromatic carbocycles. The van der Waals surface area contributed by atoms with Crippen molar-refractivity contribution in [2.24, 2.45) is 28.7 Å². The van der Waals surface area contributed by atoms with Gasteiger partial charge in [0.15, 0.2) is 5.96 Å². The van der Waals surface area contributed by atoms with Crippen molar-refractivity contribution in [2.45, 2.75) is 113 Å². The Labute approximate surface area is 218 Å². The second-order valence-corrected chi connectivity index (χ2v) is 12.4. The van der Waals surface area contributed by atoms with E-state index in [1.54, 1.807) is 0 Å². The molecule has 8 unspecified atom stereocenters. The van der Waals surface area contributed by atoms with Gasteiger partial charge in [-0.2, -0.15) is 0 Å². The number of hydrazine groups is 1. The van der Waals surface area contributed by atoms with Crippen molar-refractivity contribution >= 4 is 35.1 Å².